The standard InChI is InChI=1S/C10H21NO3/c1-4-9(2)8-14-13-7-5-6-11-10(3)12/h9H,4-8H2,1-3H3,(H,11,12). The highest BCUT2D eigenvalue weighted by molar-refractivity contribution is 5.72. The molecule has 4 heteroatoms. The Balaban J connectivity index is 3.02. The van der Waals surface area contributed by atoms with Gasteiger partial charge in [-0.1, -0.05) is 20.3 Å². The van der Waals surface area contributed by atoms with E-state index in [1.54, 1.807) is 0 Å². The van der Waals surface area contributed by atoms with Crippen LogP contribution < -0.4 is 5.32 Å². The monoisotopic (exact) mass is 203 g/mol. The fraction of sp³-hybridized carbons (Fsp3) is 0.900. The Hall–Kier alpha value is -0.610. The Morgan fingerprint density at radius 1 is 1.43 bits per heavy atom. The summed E-state index contributed by atoms with van der Waals surface area (Å²) in [5, 5.41) is 2.68. The molecular formula is C10H21NO3. The molecule has 1 unspecified atom stereocenters. The van der Waals surface area contributed by atoms with Crippen LogP contribution in [0.15, 0.2) is 0 Å². The van der Waals surface area contributed by atoms with E-state index in [-0.39, 0.29) is 5.91 Å². The molecule has 0 heterocycles. The lowest BCUT2D eigenvalue weighted by molar-refractivity contribution is -0.300. The molecule has 0 fully saturated rings. The predicted octanol–water partition coefficient (Wildman–Crippen LogP) is 1.51. The molecule has 14 heavy (non-hydrogen) atoms. The summed E-state index contributed by atoms with van der Waals surface area (Å²) >= 11 is 0. The van der Waals surface area contributed by atoms with E-state index in [0.29, 0.717) is 25.7 Å². The van der Waals surface area contributed by atoms with Crippen LogP contribution in [0.2, 0.25) is 0 Å². The van der Waals surface area contributed by atoms with Crippen LogP contribution in [0, 0.1) is 5.92 Å². The Morgan fingerprint density at radius 3 is 2.71 bits per heavy atom. The van der Waals surface area contributed by atoms with Gasteiger partial charge < -0.3 is 5.32 Å². The second kappa shape index (κ2) is 8.97. The van der Waals surface area contributed by atoms with E-state index in [1.807, 2.05) is 0 Å². The highest BCUT2D eigenvalue weighted by atomic mass is 17.2. The van der Waals surface area contributed by atoms with E-state index >= 15 is 0 Å². The lowest BCUT2D eigenvalue weighted by Gasteiger charge is -2.08. The first kappa shape index (κ1) is 13.4. The van der Waals surface area contributed by atoms with Crippen molar-refractivity contribution >= 4 is 5.91 Å². The highest BCUT2D eigenvalue weighted by Gasteiger charge is 1.98. The molecule has 0 saturated heterocycles. The van der Waals surface area contributed by atoms with Crippen LogP contribution in [-0.4, -0.2) is 25.7 Å². The molecule has 0 radical (unpaired) electrons. The number of rotatable bonds is 8. The van der Waals surface area contributed by atoms with Crippen LogP contribution in [0.4, 0.5) is 0 Å². The van der Waals surface area contributed by atoms with Crippen LogP contribution in [-0.2, 0) is 14.6 Å². The van der Waals surface area contributed by atoms with E-state index in [9.17, 15) is 4.79 Å². The van der Waals surface area contributed by atoms with Crippen molar-refractivity contribution in [3.63, 3.8) is 0 Å². The van der Waals surface area contributed by atoms with Gasteiger partial charge in [-0.2, -0.15) is 0 Å². The fourth-order valence-corrected chi connectivity index (χ4v) is 0.737. The minimum Gasteiger partial charge on any atom is -0.356 e. The topological polar surface area (TPSA) is 47.6 Å². The summed E-state index contributed by atoms with van der Waals surface area (Å²) in [4.78, 5) is 20.4. The van der Waals surface area contributed by atoms with Crippen LogP contribution in [0.25, 0.3) is 0 Å². The van der Waals surface area contributed by atoms with E-state index < -0.39 is 0 Å². The summed E-state index contributed by atoms with van der Waals surface area (Å²) < 4.78 is 0. The average molecular weight is 203 g/mol. The summed E-state index contributed by atoms with van der Waals surface area (Å²) in [6.45, 7) is 7.53. The minimum atomic E-state index is -0.00877. The molecule has 84 valence electrons. The van der Waals surface area contributed by atoms with Crippen LogP contribution in [0.5, 0.6) is 0 Å². The molecule has 0 aliphatic heterocycles. The summed E-state index contributed by atoms with van der Waals surface area (Å²) in [6, 6.07) is 0. The van der Waals surface area contributed by atoms with Crippen molar-refractivity contribution in [2.45, 2.75) is 33.6 Å². The molecule has 1 amide bonds. The van der Waals surface area contributed by atoms with Crippen molar-refractivity contribution < 1.29 is 14.6 Å². The Labute approximate surface area is 85.9 Å². The van der Waals surface area contributed by atoms with Gasteiger partial charge in [0, 0.05) is 13.5 Å². The van der Waals surface area contributed by atoms with Gasteiger partial charge in [-0.05, 0) is 12.3 Å². The van der Waals surface area contributed by atoms with E-state index in [0.717, 1.165) is 12.8 Å². The third-order valence-electron chi connectivity index (χ3n) is 1.91. The van der Waals surface area contributed by atoms with Gasteiger partial charge in [0.15, 0.2) is 0 Å². The Kier molecular flexibility index (Phi) is 8.57. The highest BCUT2D eigenvalue weighted by Crippen LogP contribution is 2.00. The lowest BCUT2D eigenvalue weighted by Crippen LogP contribution is -2.22. The molecule has 0 saturated carbocycles. The van der Waals surface area contributed by atoms with Gasteiger partial charge in [0.1, 0.15) is 0 Å². The van der Waals surface area contributed by atoms with E-state index in [1.165, 1.54) is 6.92 Å². The molecule has 0 aromatic heterocycles. The third kappa shape index (κ3) is 9.48. The number of carbonyl (C=O) groups is 1. The first-order valence-electron chi connectivity index (χ1n) is 5.15. The van der Waals surface area contributed by atoms with Gasteiger partial charge in [-0.3, -0.25) is 4.79 Å². The molecule has 0 aromatic rings. The molecule has 0 spiro atoms. The first-order chi connectivity index (χ1) is 6.66. The molecule has 0 bridgehead atoms. The van der Waals surface area contributed by atoms with Crippen LogP contribution >= 0.6 is 0 Å². The molecule has 0 aliphatic rings. The van der Waals surface area contributed by atoms with Crippen LogP contribution in [0.3, 0.4) is 0 Å². The van der Waals surface area contributed by atoms with E-state index in [4.69, 9.17) is 9.78 Å². The molecule has 0 rings (SSSR count). The number of amides is 1. The molecule has 0 aliphatic carbocycles. The maximum Gasteiger partial charge on any atom is 0.216 e. The molecule has 1 N–H and O–H groups in total. The molecular weight excluding hydrogens is 182 g/mol. The quantitative estimate of drug-likeness (QED) is 0.369. The average Bonchev–Trinajstić information content (AvgIpc) is 2.15. The summed E-state index contributed by atoms with van der Waals surface area (Å²) in [5.74, 6) is 0.524. The van der Waals surface area contributed by atoms with Crippen molar-refractivity contribution in [2.24, 2.45) is 5.92 Å². The molecule has 1 atom stereocenters. The molecule has 4 nitrogen and oxygen atoms in total. The maximum atomic E-state index is 10.5. The van der Waals surface area contributed by atoms with Gasteiger partial charge >= 0.3 is 0 Å². The second-order valence-electron chi connectivity index (χ2n) is 3.46. The normalized spacial score (nSPS) is 12.5. The Morgan fingerprint density at radius 2 is 2.14 bits per heavy atom. The summed E-state index contributed by atoms with van der Waals surface area (Å²) in [5.41, 5.74) is 0. The van der Waals surface area contributed by atoms with Crippen molar-refractivity contribution in [3.05, 3.63) is 0 Å². The first-order valence-corrected chi connectivity index (χ1v) is 5.15. The van der Waals surface area contributed by atoms with Crippen molar-refractivity contribution in [1.29, 1.82) is 0 Å². The van der Waals surface area contributed by atoms with Gasteiger partial charge in [-0.25, -0.2) is 9.78 Å². The zero-order valence-corrected chi connectivity index (χ0v) is 9.34. The van der Waals surface area contributed by atoms with Crippen molar-refractivity contribution in [1.82, 2.24) is 5.32 Å². The van der Waals surface area contributed by atoms with Gasteiger partial charge in [-0.15, -0.1) is 0 Å². The predicted molar refractivity (Wildman–Crippen MR) is 54.7 cm³/mol. The Bertz CT molecular complexity index is 150. The van der Waals surface area contributed by atoms with Gasteiger partial charge in [0.05, 0.1) is 13.2 Å². The summed E-state index contributed by atoms with van der Waals surface area (Å²) in [7, 11) is 0. The lowest BCUT2D eigenvalue weighted by atomic mass is 10.1. The second-order valence-corrected chi connectivity index (χ2v) is 3.46. The van der Waals surface area contributed by atoms with Crippen molar-refractivity contribution in [3.8, 4) is 0 Å². The van der Waals surface area contributed by atoms with Gasteiger partial charge in [0.25, 0.3) is 0 Å². The zero-order chi connectivity index (χ0) is 10.8. The number of nitrogens with one attached hydrogen (secondary N) is 1. The van der Waals surface area contributed by atoms with Gasteiger partial charge in [0.2, 0.25) is 5.91 Å². The molecule has 0 aromatic carbocycles. The van der Waals surface area contributed by atoms with Crippen molar-refractivity contribution in [2.75, 3.05) is 19.8 Å². The summed E-state index contributed by atoms with van der Waals surface area (Å²) in [6.07, 6.45) is 1.87. The SMILES string of the molecule is CCC(C)COOCCCNC(C)=O. The largest absolute Gasteiger partial charge is 0.356 e. The van der Waals surface area contributed by atoms with Crippen LogP contribution in [0.1, 0.15) is 33.6 Å². The number of carbonyl (C=O) groups excluding carboxylic acids is 1. The zero-order valence-electron chi connectivity index (χ0n) is 9.34. The minimum absolute atomic E-state index is 0.00877. The number of hydrogen-bond donors (Lipinski definition) is 1. The van der Waals surface area contributed by atoms with E-state index in [2.05, 4.69) is 19.2 Å². The smallest absolute Gasteiger partial charge is 0.216 e. The number of hydrogen-bond acceptors (Lipinski definition) is 3. The fourth-order valence-electron chi connectivity index (χ4n) is 0.737. The maximum absolute atomic E-state index is 10.5. The third-order valence-corrected chi connectivity index (χ3v) is 1.91.